The molecule has 4 heteroatoms. The molecule has 0 saturated carbocycles. The average Bonchev–Trinajstić information content (AvgIpc) is 2.29. The molecule has 0 aliphatic heterocycles. The molecule has 0 heterocycles. The number of anilines is 1. The maximum atomic E-state index is 13.0. The van der Waals surface area contributed by atoms with E-state index in [0.29, 0.717) is 17.2 Å². The molecule has 2 nitrogen and oxygen atoms in total. The molecule has 2 N–H and O–H groups in total. The fourth-order valence-electron chi connectivity index (χ4n) is 1.40. The van der Waals surface area contributed by atoms with Gasteiger partial charge in [-0.05, 0) is 36.8 Å². The third-order valence-corrected chi connectivity index (χ3v) is 2.58. The molecular formula is C13H11ClFNO. The number of nitrogen functional groups attached to an aromatic ring is 1. The summed E-state index contributed by atoms with van der Waals surface area (Å²) in [6.07, 6.45) is 0. The van der Waals surface area contributed by atoms with Gasteiger partial charge in [-0.2, -0.15) is 0 Å². The Morgan fingerprint density at radius 3 is 2.65 bits per heavy atom. The monoisotopic (exact) mass is 251 g/mol. The normalized spacial score (nSPS) is 10.3. The van der Waals surface area contributed by atoms with Crippen LogP contribution in [-0.4, -0.2) is 0 Å². The minimum absolute atomic E-state index is 0.0220. The third kappa shape index (κ3) is 2.68. The molecule has 0 spiro atoms. The Morgan fingerprint density at radius 1 is 1.18 bits per heavy atom. The first-order valence-corrected chi connectivity index (χ1v) is 5.43. The van der Waals surface area contributed by atoms with Gasteiger partial charge >= 0.3 is 0 Å². The number of ether oxygens (including phenoxy) is 1. The highest BCUT2D eigenvalue weighted by Gasteiger charge is 2.05. The summed E-state index contributed by atoms with van der Waals surface area (Å²) in [6.45, 7) is 1.93. The lowest BCUT2D eigenvalue weighted by molar-refractivity contribution is 0.482. The quantitative estimate of drug-likeness (QED) is 0.814. The van der Waals surface area contributed by atoms with Crippen molar-refractivity contribution in [2.75, 3.05) is 5.73 Å². The van der Waals surface area contributed by atoms with E-state index in [1.807, 2.05) is 19.1 Å². The zero-order chi connectivity index (χ0) is 12.4. The van der Waals surface area contributed by atoms with Crippen molar-refractivity contribution < 1.29 is 9.13 Å². The van der Waals surface area contributed by atoms with Crippen LogP contribution in [0.15, 0.2) is 36.4 Å². The van der Waals surface area contributed by atoms with Crippen molar-refractivity contribution in [3.63, 3.8) is 0 Å². The smallest absolute Gasteiger partial charge is 0.150 e. The summed E-state index contributed by atoms with van der Waals surface area (Å²) >= 11 is 5.66. The minimum Gasteiger partial charge on any atom is -0.455 e. The molecule has 0 aliphatic carbocycles. The van der Waals surface area contributed by atoms with E-state index in [2.05, 4.69) is 0 Å². The molecule has 0 radical (unpaired) electrons. The van der Waals surface area contributed by atoms with Crippen molar-refractivity contribution in [3.8, 4) is 11.5 Å². The van der Waals surface area contributed by atoms with Crippen LogP contribution in [0.2, 0.25) is 5.02 Å². The predicted molar refractivity (Wildman–Crippen MR) is 67.1 cm³/mol. The molecule has 2 aromatic carbocycles. The van der Waals surface area contributed by atoms with Crippen molar-refractivity contribution in [1.29, 1.82) is 0 Å². The molecule has 2 aromatic rings. The van der Waals surface area contributed by atoms with Gasteiger partial charge in [0.25, 0.3) is 0 Å². The number of aryl methyl sites for hydroxylation is 1. The molecule has 2 rings (SSSR count). The van der Waals surface area contributed by atoms with Gasteiger partial charge in [-0.25, -0.2) is 4.39 Å². The summed E-state index contributed by atoms with van der Waals surface area (Å²) in [5, 5.41) is 0.0220. The zero-order valence-electron chi connectivity index (χ0n) is 9.21. The van der Waals surface area contributed by atoms with Crippen LogP contribution in [0, 0.1) is 12.7 Å². The Labute approximate surface area is 104 Å². The van der Waals surface area contributed by atoms with E-state index in [0.717, 1.165) is 5.56 Å². The zero-order valence-corrected chi connectivity index (χ0v) is 9.96. The Morgan fingerprint density at radius 2 is 1.94 bits per heavy atom. The van der Waals surface area contributed by atoms with E-state index in [9.17, 15) is 4.39 Å². The Kier molecular flexibility index (Phi) is 3.20. The van der Waals surface area contributed by atoms with Crippen LogP contribution < -0.4 is 10.5 Å². The number of rotatable bonds is 2. The van der Waals surface area contributed by atoms with Gasteiger partial charge < -0.3 is 10.5 Å². The Balaban J connectivity index is 2.31. The van der Waals surface area contributed by atoms with Crippen LogP contribution in [0.3, 0.4) is 0 Å². The van der Waals surface area contributed by atoms with Crippen LogP contribution in [0.25, 0.3) is 0 Å². The molecule has 0 bridgehead atoms. The van der Waals surface area contributed by atoms with Gasteiger partial charge in [-0.3, -0.25) is 0 Å². The van der Waals surface area contributed by atoms with Crippen molar-refractivity contribution in [3.05, 3.63) is 52.8 Å². The van der Waals surface area contributed by atoms with E-state index in [4.69, 9.17) is 22.1 Å². The van der Waals surface area contributed by atoms with Gasteiger partial charge in [-0.1, -0.05) is 17.7 Å². The van der Waals surface area contributed by atoms with Gasteiger partial charge in [-0.15, -0.1) is 0 Å². The second kappa shape index (κ2) is 4.63. The van der Waals surface area contributed by atoms with Crippen LogP contribution >= 0.6 is 11.6 Å². The number of benzene rings is 2. The Bertz CT molecular complexity index is 557. The topological polar surface area (TPSA) is 35.2 Å². The first-order valence-electron chi connectivity index (χ1n) is 5.05. The van der Waals surface area contributed by atoms with Crippen molar-refractivity contribution in [2.45, 2.75) is 6.92 Å². The molecule has 17 heavy (non-hydrogen) atoms. The fraction of sp³-hybridized carbons (Fsp3) is 0.0769. The first-order chi connectivity index (χ1) is 8.06. The van der Waals surface area contributed by atoms with Crippen LogP contribution in [0.5, 0.6) is 11.5 Å². The summed E-state index contributed by atoms with van der Waals surface area (Å²) in [4.78, 5) is 0. The van der Waals surface area contributed by atoms with E-state index in [1.165, 1.54) is 18.2 Å². The highest BCUT2D eigenvalue weighted by atomic mass is 35.5. The Hall–Kier alpha value is -1.74. The van der Waals surface area contributed by atoms with Crippen LogP contribution in [0.1, 0.15) is 5.56 Å². The highest BCUT2D eigenvalue weighted by molar-refractivity contribution is 6.30. The molecular weight excluding hydrogens is 241 g/mol. The molecule has 0 aliphatic rings. The maximum absolute atomic E-state index is 13.0. The van der Waals surface area contributed by atoms with Gasteiger partial charge in [0.05, 0.1) is 10.7 Å². The lowest BCUT2D eigenvalue weighted by atomic mass is 10.2. The predicted octanol–water partition coefficient (Wildman–Crippen LogP) is 4.16. The third-order valence-electron chi connectivity index (χ3n) is 2.29. The van der Waals surface area contributed by atoms with E-state index >= 15 is 0 Å². The standard InChI is InChI=1S/C13H11ClFNO/c1-8-2-5-12(16)13(6-8)17-9-3-4-11(15)10(14)7-9/h2-7H,16H2,1H3. The highest BCUT2D eigenvalue weighted by Crippen LogP contribution is 2.30. The molecule has 88 valence electrons. The number of halogens is 2. The van der Waals surface area contributed by atoms with Gasteiger partial charge in [0, 0.05) is 6.07 Å². The average molecular weight is 252 g/mol. The van der Waals surface area contributed by atoms with Gasteiger partial charge in [0.2, 0.25) is 0 Å². The summed E-state index contributed by atoms with van der Waals surface area (Å²) in [7, 11) is 0. The number of hydrogen-bond acceptors (Lipinski definition) is 2. The van der Waals surface area contributed by atoms with Crippen LogP contribution in [-0.2, 0) is 0 Å². The van der Waals surface area contributed by atoms with Crippen molar-refractivity contribution >= 4 is 17.3 Å². The largest absolute Gasteiger partial charge is 0.455 e. The maximum Gasteiger partial charge on any atom is 0.150 e. The summed E-state index contributed by atoms with van der Waals surface area (Å²) in [5.74, 6) is 0.512. The second-order valence-electron chi connectivity index (χ2n) is 3.72. The molecule has 0 aromatic heterocycles. The summed E-state index contributed by atoms with van der Waals surface area (Å²) < 4.78 is 18.5. The van der Waals surface area contributed by atoms with Crippen molar-refractivity contribution in [1.82, 2.24) is 0 Å². The number of nitrogens with two attached hydrogens (primary N) is 1. The molecule has 0 fully saturated rings. The molecule has 0 saturated heterocycles. The summed E-state index contributed by atoms with van der Waals surface area (Å²) in [5.41, 5.74) is 7.33. The molecule has 0 atom stereocenters. The van der Waals surface area contributed by atoms with Crippen LogP contribution in [0.4, 0.5) is 10.1 Å². The lowest BCUT2D eigenvalue weighted by Gasteiger charge is -2.09. The molecule has 0 amide bonds. The first kappa shape index (κ1) is 11.7. The SMILES string of the molecule is Cc1ccc(N)c(Oc2ccc(F)c(Cl)c2)c1. The van der Waals surface area contributed by atoms with Gasteiger partial charge in [0.15, 0.2) is 5.75 Å². The van der Waals surface area contributed by atoms with Crippen molar-refractivity contribution in [2.24, 2.45) is 0 Å². The van der Waals surface area contributed by atoms with E-state index < -0.39 is 5.82 Å². The second-order valence-corrected chi connectivity index (χ2v) is 4.13. The van der Waals surface area contributed by atoms with E-state index in [1.54, 1.807) is 6.07 Å². The van der Waals surface area contributed by atoms with E-state index in [-0.39, 0.29) is 5.02 Å². The summed E-state index contributed by atoms with van der Waals surface area (Å²) in [6, 6.07) is 9.63. The fourth-order valence-corrected chi connectivity index (χ4v) is 1.57. The van der Waals surface area contributed by atoms with Gasteiger partial charge in [0.1, 0.15) is 11.6 Å². The number of hydrogen-bond donors (Lipinski definition) is 1. The molecule has 0 unspecified atom stereocenters. The lowest BCUT2D eigenvalue weighted by Crippen LogP contribution is -1.93. The minimum atomic E-state index is -0.476.